The van der Waals surface area contributed by atoms with Crippen molar-refractivity contribution in [2.45, 2.75) is 38.5 Å². The first-order valence-corrected chi connectivity index (χ1v) is 5.47. The van der Waals surface area contributed by atoms with Crippen molar-refractivity contribution in [3.8, 4) is 0 Å². The van der Waals surface area contributed by atoms with E-state index in [1.54, 1.807) is 0 Å². The third-order valence-electron chi connectivity index (χ3n) is 2.61. The van der Waals surface area contributed by atoms with Gasteiger partial charge in [0, 0.05) is 41.3 Å². The summed E-state index contributed by atoms with van der Waals surface area (Å²) in [6, 6.07) is 2.52. The van der Waals surface area contributed by atoms with E-state index in [0.717, 1.165) is 0 Å². The summed E-state index contributed by atoms with van der Waals surface area (Å²) in [4.78, 5) is 8.04. The minimum atomic E-state index is -1.05. The molecule has 0 saturated carbocycles. The molecule has 0 N–H and O–H groups in total. The number of nitrogens with zero attached hydrogens (tertiary/aromatic N) is 2. The van der Waals surface area contributed by atoms with Crippen LogP contribution in [-0.2, 0) is 18.9 Å². The number of rotatable bonds is 8. The molecule has 0 amide bonds. The third-order valence-corrected chi connectivity index (χ3v) is 2.61. The molecule has 0 aliphatic heterocycles. The molecule has 0 aromatic heterocycles. The molecule has 0 heterocycles. The van der Waals surface area contributed by atoms with Crippen molar-refractivity contribution in [2.24, 2.45) is 9.98 Å². The molecule has 0 radical (unpaired) electrons. The van der Waals surface area contributed by atoms with Crippen molar-refractivity contribution < 1.29 is 18.9 Å². The van der Waals surface area contributed by atoms with E-state index in [2.05, 4.69) is 16.0 Å². The van der Waals surface area contributed by atoms with E-state index in [4.69, 9.17) is 18.9 Å². The topological polar surface area (TPSA) is 61.6 Å². The van der Waals surface area contributed by atoms with E-state index in [1.807, 2.05) is 13.8 Å². The highest BCUT2D eigenvalue weighted by molar-refractivity contribution is 5.42. The Bertz CT molecular complexity index is 226. The van der Waals surface area contributed by atoms with Crippen LogP contribution in [0.4, 0.5) is 0 Å². The molecule has 0 atom stereocenters. The van der Waals surface area contributed by atoms with Crippen LogP contribution in [0.3, 0.4) is 0 Å². The van der Waals surface area contributed by atoms with Gasteiger partial charge < -0.3 is 18.9 Å². The number of ether oxygens (including phenoxy) is 4. The van der Waals surface area contributed by atoms with Crippen molar-refractivity contribution in [3.63, 3.8) is 0 Å². The molecule has 0 aromatic rings. The summed E-state index contributed by atoms with van der Waals surface area (Å²) in [6.45, 7) is 3.77. The Labute approximate surface area is 103 Å². The molecular weight excluding hydrogens is 224 g/mol. The first-order valence-electron chi connectivity index (χ1n) is 5.47. The largest absolute Gasteiger partial charge is 0.334 e. The van der Waals surface area contributed by atoms with Crippen LogP contribution in [0, 0.1) is 0 Å². The average molecular weight is 246 g/mol. The van der Waals surface area contributed by atoms with Crippen molar-refractivity contribution in [2.75, 3.05) is 28.4 Å². The van der Waals surface area contributed by atoms with Crippen molar-refractivity contribution in [3.05, 3.63) is 0 Å². The SMILES string of the molecule is CCC(N=C=NC(CC)(OC)OC)(OC)OC. The quantitative estimate of drug-likeness (QED) is 0.484. The second kappa shape index (κ2) is 7.53. The second-order valence-electron chi connectivity index (χ2n) is 3.27. The molecule has 0 saturated heterocycles. The summed E-state index contributed by atoms with van der Waals surface area (Å²) in [7, 11) is 6.05. The highest BCUT2D eigenvalue weighted by Gasteiger charge is 2.28. The van der Waals surface area contributed by atoms with Crippen LogP contribution in [0.15, 0.2) is 9.98 Å². The van der Waals surface area contributed by atoms with Gasteiger partial charge in [0.2, 0.25) is 0 Å². The van der Waals surface area contributed by atoms with Gasteiger partial charge in [-0.15, -0.1) is 0 Å². The van der Waals surface area contributed by atoms with E-state index in [9.17, 15) is 0 Å². The van der Waals surface area contributed by atoms with Gasteiger partial charge in [-0.1, -0.05) is 13.8 Å². The van der Waals surface area contributed by atoms with Gasteiger partial charge in [0.1, 0.15) is 0 Å². The number of hydrogen-bond acceptors (Lipinski definition) is 6. The minimum Gasteiger partial charge on any atom is -0.334 e. The van der Waals surface area contributed by atoms with Crippen LogP contribution in [0.5, 0.6) is 0 Å². The molecule has 0 aliphatic rings. The highest BCUT2D eigenvalue weighted by Crippen LogP contribution is 2.19. The second-order valence-corrected chi connectivity index (χ2v) is 3.27. The average Bonchev–Trinajstić information content (AvgIpc) is 2.41. The predicted molar refractivity (Wildman–Crippen MR) is 63.9 cm³/mol. The zero-order valence-electron chi connectivity index (χ0n) is 11.4. The van der Waals surface area contributed by atoms with Crippen LogP contribution in [0.25, 0.3) is 0 Å². The van der Waals surface area contributed by atoms with E-state index in [-0.39, 0.29) is 0 Å². The van der Waals surface area contributed by atoms with Gasteiger partial charge >= 0.3 is 0 Å². The lowest BCUT2D eigenvalue weighted by molar-refractivity contribution is -0.204. The molecule has 0 spiro atoms. The summed E-state index contributed by atoms with van der Waals surface area (Å²) in [5.74, 6) is -2.10. The van der Waals surface area contributed by atoms with Gasteiger partial charge in [0.05, 0.1) is 6.01 Å². The van der Waals surface area contributed by atoms with Crippen LogP contribution < -0.4 is 0 Å². The maximum absolute atomic E-state index is 5.16. The molecule has 100 valence electrons. The van der Waals surface area contributed by atoms with Crippen molar-refractivity contribution in [1.29, 1.82) is 0 Å². The Kier molecular flexibility index (Phi) is 7.18. The molecular formula is C11H22N2O4. The van der Waals surface area contributed by atoms with Crippen molar-refractivity contribution >= 4 is 6.01 Å². The summed E-state index contributed by atoms with van der Waals surface area (Å²) in [5.41, 5.74) is 0. The first-order chi connectivity index (χ1) is 8.07. The Balaban J connectivity index is 5.00. The molecule has 0 aromatic carbocycles. The van der Waals surface area contributed by atoms with Crippen LogP contribution in [0.2, 0.25) is 0 Å². The van der Waals surface area contributed by atoms with E-state index < -0.39 is 11.8 Å². The highest BCUT2D eigenvalue weighted by atomic mass is 16.7. The van der Waals surface area contributed by atoms with Gasteiger partial charge in [0.15, 0.2) is 0 Å². The Hall–Kier alpha value is -0.780. The smallest absolute Gasteiger partial charge is 0.277 e. The number of aliphatic imine (C=N–C) groups is 2. The lowest BCUT2D eigenvalue weighted by Gasteiger charge is -2.24. The maximum Gasteiger partial charge on any atom is 0.277 e. The monoisotopic (exact) mass is 246 g/mol. The van der Waals surface area contributed by atoms with Crippen LogP contribution >= 0.6 is 0 Å². The Morgan fingerprint density at radius 1 is 0.765 bits per heavy atom. The summed E-state index contributed by atoms with van der Waals surface area (Å²) >= 11 is 0. The van der Waals surface area contributed by atoms with Crippen LogP contribution in [-0.4, -0.2) is 46.3 Å². The Morgan fingerprint density at radius 2 is 1.06 bits per heavy atom. The zero-order chi connectivity index (χ0) is 13.4. The molecule has 6 nitrogen and oxygen atoms in total. The third kappa shape index (κ3) is 4.18. The Morgan fingerprint density at radius 3 is 1.24 bits per heavy atom. The van der Waals surface area contributed by atoms with Gasteiger partial charge in [-0.2, -0.15) is 9.98 Å². The fourth-order valence-corrected chi connectivity index (χ4v) is 1.26. The summed E-state index contributed by atoms with van der Waals surface area (Å²) in [6.07, 6.45) is 1.09. The van der Waals surface area contributed by atoms with E-state index in [1.165, 1.54) is 28.4 Å². The molecule has 17 heavy (non-hydrogen) atoms. The molecule has 0 aliphatic carbocycles. The van der Waals surface area contributed by atoms with E-state index in [0.29, 0.717) is 12.8 Å². The molecule has 0 fully saturated rings. The van der Waals surface area contributed by atoms with Gasteiger partial charge in [-0.25, -0.2) is 0 Å². The first kappa shape index (κ1) is 16.2. The fraction of sp³-hybridized carbons (Fsp3) is 0.909. The number of methoxy groups -OCH3 is 4. The normalized spacial score (nSPS) is 12.1. The summed E-state index contributed by atoms with van der Waals surface area (Å²) < 4.78 is 20.6. The summed E-state index contributed by atoms with van der Waals surface area (Å²) in [5, 5.41) is 0. The van der Waals surface area contributed by atoms with Gasteiger partial charge in [-0.3, -0.25) is 0 Å². The molecule has 0 rings (SSSR count). The van der Waals surface area contributed by atoms with E-state index >= 15 is 0 Å². The molecule has 6 heteroatoms. The van der Waals surface area contributed by atoms with Crippen LogP contribution in [0.1, 0.15) is 26.7 Å². The lowest BCUT2D eigenvalue weighted by atomic mass is 10.3. The van der Waals surface area contributed by atoms with Gasteiger partial charge in [0.25, 0.3) is 11.8 Å². The minimum absolute atomic E-state index is 0.543. The number of hydrogen-bond donors (Lipinski definition) is 0. The molecule has 0 unspecified atom stereocenters. The fourth-order valence-electron chi connectivity index (χ4n) is 1.26. The molecule has 0 bridgehead atoms. The standard InChI is InChI=1S/C11H22N2O4/c1-7-10(14-3,15-4)12-9-13-11(8-2,16-5)17-6/h7-8H2,1-6H3. The lowest BCUT2D eigenvalue weighted by Crippen LogP contribution is -2.32. The maximum atomic E-state index is 5.16. The predicted octanol–water partition coefficient (Wildman–Crippen LogP) is 1.87. The zero-order valence-corrected chi connectivity index (χ0v) is 11.4. The van der Waals surface area contributed by atoms with Gasteiger partial charge in [-0.05, 0) is 0 Å². The van der Waals surface area contributed by atoms with Crippen molar-refractivity contribution in [1.82, 2.24) is 0 Å².